The molecule has 0 radical (unpaired) electrons. The second-order valence-corrected chi connectivity index (χ2v) is 5.99. The minimum absolute atomic E-state index is 0.0262. The van der Waals surface area contributed by atoms with Crippen molar-refractivity contribution in [1.29, 1.82) is 0 Å². The lowest BCUT2D eigenvalue weighted by atomic mass is 10.1. The number of carbonyl (C=O) groups excluding carboxylic acids is 1. The minimum Gasteiger partial charge on any atom is -0.494 e. The van der Waals surface area contributed by atoms with E-state index >= 15 is 0 Å². The normalized spacial score (nSPS) is 14.3. The van der Waals surface area contributed by atoms with Gasteiger partial charge in [0.25, 0.3) is 5.56 Å². The number of benzene rings is 2. The molecule has 1 aromatic heterocycles. The number of anilines is 1. The van der Waals surface area contributed by atoms with Crippen molar-refractivity contribution in [2.45, 2.75) is 0 Å². The average Bonchev–Trinajstić information content (AvgIpc) is 2.95. The van der Waals surface area contributed by atoms with E-state index in [1.165, 1.54) is 24.1 Å². The first kappa shape index (κ1) is 16.8. The minimum atomic E-state index is -0.504. The Morgan fingerprint density at radius 2 is 1.96 bits per heavy atom. The van der Waals surface area contributed by atoms with Crippen LogP contribution < -0.4 is 20.9 Å². The van der Waals surface area contributed by atoms with Gasteiger partial charge >= 0.3 is 0 Å². The molecule has 4 rings (SSSR count). The molecule has 0 amide bonds. The van der Waals surface area contributed by atoms with Gasteiger partial charge in [0, 0.05) is 0 Å². The number of rotatable bonds is 3. The van der Waals surface area contributed by atoms with Gasteiger partial charge in [-0.25, -0.2) is 9.37 Å². The predicted molar refractivity (Wildman–Crippen MR) is 98.8 cm³/mol. The fourth-order valence-corrected chi connectivity index (χ4v) is 3.14. The highest BCUT2D eigenvalue weighted by molar-refractivity contribution is 6.26. The van der Waals surface area contributed by atoms with E-state index in [9.17, 15) is 14.0 Å². The number of carbonyl (C=O) groups is 1. The van der Waals surface area contributed by atoms with Gasteiger partial charge in [0.2, 0.25) is 0 Å². The van der Waals surface area contributed by atoms with Crippen LogP contribution in [-0.2, 0) is 4.79 Å². The summed E-state index contributed by atoms with van der Waals surface area (Å²) >= 11 is 0. The lowest BCUT2D eigenvalue weighted by Crippen LogP contribution is -2.26. The molecule has 1 aliphatic heterocycles. The van der Waals surface area contributed by atoms with Gasteiger partial charge in [0.1, 0.15) is 34.3 Å². The van der Waals surface area contributed by atoms with Crippen molar-refractivity contribution in [1.82, 2.24) is 9.97 Å². The number of hydrogen-bond acceptors (Lipinski definition) is 6. The molecule has 2 aromatic carbocycles. The quantitative estimate of drug-likeness (QED) is 0.733. The topological polar surface area (TPSA) is 101 Å². The first-order valence-electron chi connectivity index (χ1n) is 8.13. The molecule has 0 fully saturated rings. The van der Waals surface area contributed by atoms with Crippen LogP contribution in [0.25, 0.3) is 16.5 Å². The molecule has 0 saturated carbocycles. The van der Waals surface area contributed by atoms with Gasteiger partial charge < -0.3 is 20.4 Å². The second kappa shape index (κ2) is 6.24. The summed E-state index contributed by atoms with van der Waals surface area (Å²) in [6, 6.07) is 10.9. The van der Waals surface area contributed by atoms with Crippen LogP contribution in [0.5, 0.6) is 5.75 Å². The van der Waals surface area contributed by atoms with Crippen molar-refractivity contribution in [2.24, 2.45) is 5.73 Å². The molecule has 27 heavy (non-hydrogen) atoms. The molecule has 3 N–H and O–H groups in total. The maximum absolute atomic E-state index is 14.1. The number of fused-ring (bicyclic) bond motifs is 1. The molecule has 7 nitrogen and oxygen atoms in total. The first-order chi connectivity index (χ1) is 13.0. The Labute approximate surface area is 152 Å². The number of nitrogens with zero attached hydrogens (tertiary/aromatic N) is 2. The molecular formula is C19H15FN4O3. The summed E-state index contributed by atoms with van der Waals surface area (Å²) in [5, 5.41) is 0.327. The second-order valence-electron chi connectivity index (χ2n) is 5.99. The lowest BCUT2D eigenvalue weighted by molar-refractivity contribution is -0.112. The third-order valence-electron chi connectivity index (χ3n) is 4.43. The third-order valence-corrected chi connectivity index (χ3v) is 4.43. The highest BCUT2D eigenvalue weighted by Crippen LogP contribution is 2.31. The van der Waals surface area contributed by atoms with Crippen molar-refractivity contribution in [2.75, 3.05) is 18.6 Å². The Hall–Kier alpha value is -3.68. The lowest BCUT2D eigenvalue weighted by Gasteiger charge is -2.19. The van der Waals surface area contributed by atoms with Crippen LogP contribution in [0.4, 0.5) is 10.1 Å². The Balaban J connectivity index is 1.91. The Bertz CT molecular complexity index is 1170. The molecule has 136 valence electrons. The smallest absolute Gasteiger partial charge is 0.259 e. The van der Waals surface area contributed by atoms with Gasteiger partial charge in [-0.2, -0.15) is 0 Å². The number of hydrogen-bond donors (Lipinski definition) is 2. The summed E-state index contributed by atoms with van der Waals surface area (Å²) < 4.78 is 19.4. The van der Waals surface area contributed by atoms with Crippen LogP contribution >= 0.6 is 0 Å². The largest absolute Gasteiger partial charge is 0.494 e. The van der Waals surface area contributed by atoms with Crippen molar-refractivity contribution in [3.8, 4) is 5.75 Å². The molecule has 0 aliphatic carbocycles. The fraction of sp³-hybridized carbons (Fsp3) is 0.105. The number of halogens is 1. The van der Waals surface area contributed by atoms with E-state index < -0.39 is 11.4 Å². The van der Waals surface area contributed by atoms with Crippen LogP contribution in [0.15, 0.2) is 53.1 Å². The van der Waals surface area contributed by atoms with Crippen LogP contribution in [0, 0.1) is 5.82 Å². The molecule has 1 aliphatic rings. The zero-order chi connectivity index (χ0) is 19.1. The number of ketones is 1. The summed E-state index contributed by atoms with van der Waals surface area (Å²) in [5.74, 6) is -0.416. The van der Waals surface area contributed by atoms with E-state index in [4.69, 9.17) is 10.5 Å². The van der Waals surface area contributed by atoms with Crippen LogP contribution in [0.1, 0.15) is 5.82 Å². The van der Waals surface area contributed by atoms with E-state index in [1.54, 1.807) is 30.3 Å². The molecule has 0 unspecified atom stereocenters. The number of nitrogens with one attached hydrogen (secondary N) is 1. The summed E-state index contributed by atoms with van der Waals surface area (Å²) in [6.45, 7) is -0.143. The van der Waals surface area contributed by atoms with Crippen LogP contribution in [0.3, 0.4) is 0 Å². The Morgan fingerprint density at radius 1 is 1.19 bits per heavy atom. The van der Waals surface area contributed by atoms with Crippen molar-refractivity contribution >= 4 is 27.9 Å². The monoisotopic (exact) mass is 366 g/mol. The van der Waals surface area contributed by atoms with Crippen molar-refractivity contribution in [3.05, 3.63) is 70.3 Å². The molecule has 2 heterocycles. The number of para-hydroxylation sites is 2. The molecule has 0 atom stereocenters. The van der Waals surface area contributed by atoms with Gasteiger partial charge in [-0.15, -0.1) is 0 Å². The maximum Gasteiger partial charge on any atom is 0.259 e. The van der Waals surface area contributed by atoms with Crippen molar-refractivity contribution < 1.29 is 13.9 Å². The fourth-order valence-electron chi connectivity index (χ4n) is 3.14. The number of aromatic amines is 1. The molecular weight excluding hydrogens is 351 g/mol. The predicted octanol–water partition coefficient (Wildman–Crippen LogP) is 1.79. The van der Waals surface area contributed by atoms with Gasteiger partial charge in [0.15, 0.2) is 5.78 Å². The highest BCUT2D eigenvalue weighted by atomic mass is 19.1. The molecule has 3 aromatic rings. The number of H-pyrrole nitrogens is 1. The van der Waals surface area contributed by atoms with E-state index in [2.05, 4.69) is 9.97 Å². The Kier molecular flexibility index (Phi) is 3.88. The van der Waals surface area contributed by atoms with E-state index in [1.807, 2.05) is 0 Å². The zero-order valence-electron chi connectivity index (χ0n) is 14.3. The van der Waals surface area contributed by atoms with Gasteiger partial charge in [0.05, 0.1) is 24.7 Å². The van der Waals surface area contributed by atoms with E-state index in [0.29, 0.717) is 16.7 Å². The van der Waals surface area contributed by atoms with E-state index in [-0.39, 0.29) is 35.2 Å². The SMILES string of the molecule is COc1cccc2c(=O)[nH]c(C3=C(N)N(c4ccccc4F)CC3=O)nc12. The number of aromatic nitrogens is 2. The van der Waals surface area contributed by atoms with Crippen LogP contribution in [0.2, 0.25) is 0 Å². The first-order valence-corrected chi connectivity index (χ1v) is 8.13. The summed E-state index contributed by atoms with van der Waals surface area (Å²) in [4.78, 5) is 33.4. The molecule has 8 heteroatoms. The summed E-state index contributed by atoms with van der Waals surface area (Å²) in [5.41, 5.74) is 6.25. The number of ether oxygens (including phenoxy) is 1. The maximum atomic E-state index is 14.1. The van der Waals surface area contributed by atoms with Crippen molar-refractivity contribution in [3.63, 3.8) is 0 Å². The average molecular weight is 366 g/mol. The summed E-state index contributed by atoms with van der Waals surface area (Å²) in [7, 11) is 1.46. The van der Waals surface area contributed by atoms with Gasteiger partial charge in [-0.3, -0.25) is 9.59 Å². The zero-order valence-corrected chi connectivity index (χ0v) is 14.3. The molecule has 0 saturated heterocycles. The van der Waals surface area contributed by atoms with Gasteiger partial charge in [-0.1, -0.05) is 18.2 Å². The summed E-state index contributed by atoms with van der Waals surface area (Å²) in [6.07, 6.45) is 0. The standard InChI is InChI=1S/C19H15FN4O3/c1-27-14-8-4-5-10-16(14)22-18(23-19(10)26)15-13(25)9-24(17(15)21)12-7-3-2-6-11(12)20/h2-8H,9,21H2,1H3,(H,22,23,26). The van der Waals surface area contributed by atoms with E-state index in [0.717, 1.165) is 0 Å². The Morgan fingerprint density at radius 3 is 2.70 bits per heavy atom. The molecule has 0 bridgehead atoms. The number of nitrogens with two attached hydrogens (primary N) is 1. The van der Waals surface area contributed by atoms with Crippen LogP contribution in [-0.4, -0.2) is 29.4 Å². The number of methoxy groups -OCH3 is 1. The van der Waals surface area contributed by atoms with Gasteiger partial charge in [-0.05, 0) is 24.3 Å². The molecule has 0 spiro atoms. The number of Topliss-reactive ketones (excluding diaryl/α,β-unsaturated/α-hetero) is 1. The third kappa shape index (κ3) is 2.62. The highest BCUT2D eigenvalue weighted by Gasteiger charge is 2.33.